The Morgan fingerprint density at radius 1 is 1.33 bits per heavy atom. The van der Waals surface area contributed by atoms with Crippen molar-refractivity contribution >= 4 is 34.0 Å². The number of hydrogen-bond donors (Lipinski definition) is 2. The Kier molecular flexibility index (Phi) is 6.93. The molecule has 1 amide bonds. The first-order valence-electron chi connectivity index (χ1n) is 5.64. The monoisotopic (exact) mass is 288 g/mol. The minimum Gasteiger partial charge on any atom is -0.325 e. The van der Waals surface area contributed by atoms with Crippen molar-refractivity contribution in [1.82, 2.24) is 5.32 Å². The summed E-state index contributed by atoms with van der Waals surface area (Å²) in [5.41, 5.74) is 0.723. The fourth-order valence-corrected chi connectivity index (χ4v) is 2.02. The molecule has 4 nitrogen and oxygen atoms in total. The van der Waals surface area contributed by atoms with Gasteiger partial charge in [0, 0.05) is 33.5 Å². The highest BCUT2D eigenvalue weighted by atomic mass is 35.5. The predicted octanol–water partition coefficient (Wildman–Crippen LogP) is 1.64. The number of amides is 1. The molecule has 0 saturated heterocycles. The lowest BCUT2D eigenvalue weighted by molar-refractivity contribution is -0.115. The van der Waals surface area contributed by atoms with E-state index in [1.165, 1.54) is 0 Å². The molecule has 0 saturated carbocycles. The number of nitrogens with one attached hydrogen (secondary N) is 2. The minimum absolute atomic E-state index is 0.102. The van der Waals surface area contributed by atoms with Crippen LogP contribution in [-0.2, 0) is 15.6 Å². The summed E-state index contributed by atoms with van der Waals surface area (Å²) in [6, 6.07) is 6.95. The molecule has 1 atom stereocenters. The Labute approximate surface area is 115 Å². The topological polar surface area (TPSA) is 58.2 Å². The van der Waals surface area contributed by atoms with Crippen LogP contribution in [0.2, 0.25) is 5.02 Å². The van der Waals surface area contributed by atoms with Crippen molar-refractivity contribution in [1.29, 1.82) is 0 Å². The van der Waals surface area contributed by atoms with E-state index in [1.807, 2.05) is 0 Å². The summed E-state index contributed by atoms with van der Waals surface area (Å²) < 4.78 is 10.8. The molecule has 6 heteroatoms. The van der Waals surface area contributed by atoms with Gasteiger partial charge in [0.05, 0.1) is 6.54 Å². The molecule has 1 aromatic carbocycles. The molecule has 0 heterocycles. The van der Waals surface area contributed by atoms with E-state index in [1.54, 1.807) is 30.5 Å². The Morgan fingerprint density at radius 2 is 2.00 bits per heavy atom. The molecule has 0 aromatic heterocycles. The quantitative estimate of drug-likeness (QED) is 0.750. The van der Waals surface area contributed by atoms with Crippen LogP contribution in [0.5, 0.6) is 0 Å². The summed E-state index contributed by atoms with van der Waals surface area (Å²) >= 11 is 5.74. The lowest BCUT2D eigenvalue weighted by Crippen LogP contribution is -2.29. The van der Waals surface area contributed by atoms with Crippen molar-refractivity contribution in [3.05, 3.63) is 29.3 Å². The van der Waals surface area contributed by atoms with Gasteiger partial charge >= 0.3 is 0 Å². The Bertz CT molecular complexity index is 409. The average molecular weight is 289 g/mol. The van der Waals surface area contributed by atoms with Crippen LogP contribution in [0.25, 0.3) is 0 Å². The highest BCUT2D eigenvalue weighted by molar-refractivity contribution is 7.84. The second kappa shape index (κ2) is 8.24. The zero-order valence-electron chi connectivity index (χ0n) is 10.2. The third-order valence-electron chi connectivity index (χ3n) is 2.20. The van der Waals surface area contributed by atoms with Crippen LogP contribution in [0, 0.1) is 0 Å². The largest absolute Gasteiger partial charge is 0.325 e. The van der Waals surface area contributed by atoms with Gasteiger partial charge in [0.1, 0.15) is 0 Å². The first-order valence-corrected chi connectivity index (χ1v) is 7.74. The van der Waals surface area contributed by atoms with E-state index in [4.69, 9.17) is 11.6 Å². The van der Waals surface area contributed by atoms with Crippen molar-refractivity contribution in [3.8, 4) is 0 Å². The number of anilines is 1. The third kappa shape index (κ3) is 6.74. The van der Waals surface area contributed by atoms with Gasteiger partial charge in [0.2, 0.25) is 5.91 Å². The lowest BCUT2D eigenvalue weighted by atomic mass is 10.3. The van der Waals surface area contributed by atoms with Gasteiger partial charge in [-0.2, -0.15) is 0 Å². The molecule has 0 aliphatic heterocycles. The number of halogens is 1. The summed E-state index contributed by atoms with van der Waals surface area (Å²) in [4.78, 5) is 11.5. The van der Waals surface area contributed by atoms with Crippen molar-refractivity contribution in [2.75, 3.05) is 30.4 Å². The number of hydrogen-bond acceptors (Lipinski definition) is 3. The van der Waals surface area contributed by atoms with Crippen LogP contribution in [0.3, 0.4) is 0 Å². The van der Waals surface area contributed by atoms with Gasteiger partial charge in [-0.15, -0.1) is 0 Å². The summed E-state index contributed by atoms with van der Waals surface area (Å²) in [5.74, 6) is 0.557. The van der Waals surface area contributed by atoms with Gasteiger partial charge in [-0.05, 0) is 37.2 Å². The van der Waals surface area contributed by atoms with E-state index in [0.29, 0.717) is 17.3 Å². The smallest absolute Gasteiger partial charge is 0.238 e. The first kappa shape index (κ1) is 15.1. The summed E-state index contributed by atoms with van der Waals surface area (Å²) in [6.45, 7) is 0.937. The Hall–Kier alpha value is -0.910. The third-order valence-corrected chi connectivity index (χ3v) is 3.31. The van der Waals surface area contributed by atoms with E-state index >= 15 is 0 Å². The van der Waals surface area contributed by atoms with Crippen LogP contribution < -0.4 is 10.6 Å². The maximum absolute atomic E-state index is 11.5. The highest BCUT2D eigenvalue weighted by Gasteiger charge is 2.01. The summed E-state index contributed by atoms with van der Waals surface area (Å²) in [7, 11) is -0.767. The fraction of sp³-hybridized carbons (Fsp3) is 0.417. The maximum atomic E-state index is 11.5. The molecule has 0 fully saturated rings. The van der Waals surface area contributed by atoms with Crippen molar-refractivity contribution in [2.24, 2.45) is 0 Å². The molecular weight excluding hydrogens is 272 g/mol. The van der Waals surface area contributed by atoms with Gasteiger partial charge in [-0.25, -0.2) is 0 Å². The molecule has 18 heavy (non-hydrogen) atoms. The molecular formula is C12H17ClN2O2S. The highest BCUT2D eigenvalue weighted by Crippen LogP contribution is 2.12. The first-order chi connectivity index (χ1) is 8.58. The second-order valence-corrected chi connectivity index (χ2v) is 5.85. The van der Waals surface area contributed by atoms with Gasteiger partial charge in [0.15, 0.2) is 0 Å². The molecule has 100 valence electrons. The van der Waals surface area contributed by atoms with Crippen molar-refractivity contribution < 1.29 is 9.00 Å². The summed E-state index contributed by atoms with van der Waals surface area (Å²) in [6.07, 6.45) is 2.48. The Morgan fingerprint density at radius 3 is 2.61 bits per heavy atom. The van der Waals surface area contributed by atoms with Crippen LogP contribution >= 0.6 is 11.6 Å². The van der Waals surface area contributed by atoms with Gasteiger partial charge in [-0.3, -0.25) is 9.00 Å². The molecule has 2 N–H and O–H groups in total. The molecule has 0 radical (unpaired) electrons. The molecule has 1 rings (SSSR count). The van der Waals surface area contributed by atoms with Crippen LogP contribution in [-0.4, -0.2) is 35.2 Å². The maximum Gasteiger partial charge on any atom is 0.238 e. The van der Waals surface area contributed by atoms with Gasteiger partial charge < -0.3 is 10.6 Å². The molecule has 0 spiro atoms. The second-order valence-electron chi connectivity index (χ2n) is 3.86. The normalized spacial score (nSPS) is 12.1. The molecule has 0 bridgehead atoms. The van der Waals surface area contributed by atoms with E-state index in [9.17, 15) is 9.00 Å². The van der Waals surface area contributed by atoms with E-state index < -0.39 is 10.8 Å². The molecule has 0 aliphatic carbocycles. The standard InChI is InChI=1S/C12H17ClN2O2S/c1-18(17)8-2-7-14-9-12(16)15-11-5-3-10(13)4-6-11/h3-6,14H,2,7-9H2,1H3,(H,15,16). The average Bonchev–Trinajstić information content (AvgIpc) is 2.31. The van der Waals surface area contributed by atoms with E-state index in [-0.39, 0.29) is 12.5 Å². The predicted molar refractivity (Wildman–Crippen MR) is 76.5 cm³/mol. The minimum atomic E-state index is -0.767. The summed E-state index contributed by atoms with van der Waals surface area (Å²) in [5, 5.41) is 6.39. The van der Waals surface area contributed by atoms with Gasteiger partial charge in [0.25, 0.3) is 0 Å². The zero-order chi connectivity index (χ0) is 13.4. The fourth-order valence-electron chi connectivity index (χ4n) is 1.34. The molecule has 0 aliphatic rings. The van der Waals surface area contributed by atoms with Crippen molar-refractivity contribution in [2.45, 2.75) is 6.42 Å². The molecule has 1 unspecified atom stereocenters. The number of benzene rings is 1. The van der Waals surface area contributed by atoms with E-state index in [2.05, 4.69) is 10.6 Å². The number of carbonyl (C=O) groups is 1. The van der Waals surface area contributed by atoms with E-state index in [0.717, 1.165) is 12.1 Å². The van der Waals surface area contributed by atoms with Crippen molar-refractivity contribution in [3.63, 3.8) is 0 Å². The lowest BCUT2D eigenvalue weighted by Gasteiger charge is -2.06. The zero-order valence-corrected chi connectivity index (χ0v) is 11.8. The van der Waals surface area contributed by atoms with Crippen LogP contribution in [0.15, 0.2) is 24.3 Å². The van der Waals surface area contributed by atoms with Crippen LogP contribution in [0.1, 0.15) is 6.42 Å². The van der Waals surface area contributed by atoms with Gasteiger partial charge in [-0.1, -0.05) is 11.6 Å². The SMILES string of the molecule is CS(=O)CCCNCC(=O)Nc1ccc(Cl)cc1. The Balaban J connectivity index is 2.17. The number of carbonyl (C=O) groups excluding carboxylic acids is 1. The number of rotatable bonds is 7. The van der Waals surface area contributed by atoms with Crippen LogP contribution in [0.4, 0.5) is 5.69 Å². The molecule has 1 aromatic rings.